The molecule has 0 spiro atoms. The highest BCUT2D eigenvalue weighted by atomic mass is 35.5. The Morgan fingerprint density at radius 1 is 0.889 bits per heavy atom. The Balaban J connectivity index is 1.48. The van der Waals surface area contributed by atoms with Crippen LogP contribution in [0.3, 0.4) is 0 Å². The van der Waals surface area contributed by atoms with Crippen molar-refractivity contribution in [2.24, 2.45) is 0 Å². The van der Waals surface area contributed by atoms with Gasteiger partial charge in [-0.3, -0.25) is 4.90 Å². The van der Waals surface area contributed by atoms with Crippen molar-refractivity contribution >= 4 is 11.6 Å². The van der Waals surface area contributed by atoms with Crippen molar-refractivity contribution in [2.75, 3.05) is 13.1 Å². The first-order valence-corrected chi connectivity index (χ1v) is 11.2. The molecule has 0 bridgehead atoms. The molecule has 0 aromatic heterocycles. The van der Waals surface area contributed by atoms with Gasteiger partial charge in [-0.25, -0.2) is 0 Å². The summed E-state index contributed by atoms with van der Waals surface area (Å²) in [6.45, 7) is 5.67. The van der Waals surface area contributed by atoms with Crippen LogP contribution in [-0.2, 0) is 13.0 Å². The zero-order valence-electron chi connectivity index (χ0n) is 16.7. The summed E-state index contributed by atoms with van der Waals surface area (Å²) < 4.78 is 0. The van der Waals surface area contributed by atoms with Gasteiger partial charge >= 0.3 is 0 Å². The quantitative estimate of drug-likeness (QED) is 0.430. The lowest BCUT2D eigenvalue weighted by molar-refractivity contribution is 0.262. The van der Waals surface area contributed by atoms with Gasteiger partial charge in [0.05, 0.1) is 0 Å². The van der Waals surface area contributed by atoms with Gasteiger partial charge in [0.1, 0.15) is 0 Å². The molecule has 2 heteroatoms. The van der Waals surface area contributed by atoms with Gasteiger partial charge in [0, 0.05) is 17.8 Å². The Bertz CT molecular complexity index is 652. The standard InChI is InChI=1S/C25H34ClN/c1-2-18-27(20-22-9-4-3-5-10-22)19-8-11-21-14-16-23(17-15-21)24-12-6-7-13-25(24)26/h3-5,9-10,14-17,24-25H,2,6-8,11-13,18-20H2,1H3. The molecule has 3 rings (SSSR count). The maximum atomic E-state index is 6.57. The maximum absolute atomic E-state index is 6.57. The predicted molar refractivity (Wildman–Crippen MR) is 118 cm³/mol. The van der Waals surface area contributed by atoms with Crippen LogP contribution in [0.2, 0.25) is 0 Å². The second-order valence-corrected chi connectivity index (χ2v) is 8.57. The van der Waals surface area contributed by atoms with E-state index in [1.165, 1.54) is 61.8 Å². The first-order valence-electron chi connectivity index (χ1n) is 10.8. The lowest BCUT2D eigenvalue weighted by Crippen LogP contribution is -2.25. The van der Waals surface area contributed by atoms with Gasteiger partial charge in [-0.15, -0.1) is 11.6 Å². The minimum atomic E-state index is 0.324. The summed E-state index contributed by atoms with van der Waals surface area (Å²) in [5, 5.41) is 0.324. The highest BCUT2D eigenvalue weighted by Gasteiger charge is 2.24. The van der Waals surface area contributed by atoms with E-state index in [-0.39, 0.29) is 0 Å². The summed E-state index contributed by atoms with van der Waals surface area (Å²) in [5.74, 6) is 0.556. The van der Waals surface area contributed by atoms with Gasteiger partial charge in [-0.05, 0) is 61.9 Å². The molecule has 2 aromatic carbocycles. The fraction of sp³-hybridized carbons (Fsp3) is 0.520. The van der Waals surface area contributed by atoms with Crippen molar-refractivity contribution in [3.8, 4) is 0 Å². The van der Waals surface area contributed by atoms with E-state index in [2.05, 4.69) is 66.4 Å². The molecule has 1 aliphatic rings. The molecular weight excluding hydrogens is 350 g/mol. The SMILES string of the molecule is CCCN(CCCc1ccc(C2CCCCC2Cl)cc1)Cc1ccccc1. The van der Waals surface area contributed by atoms with Gasteiger partial charge in [0.2, 0.25) is 0 Å². The third-order valence-corrected chi connectivity index (χ3v) is 6.34. The topological polar surface area (TPSA) is 3.24 Å². The molecule has 0 heterocycles. The van der Waals surface area contributed by atoms with Crippen LogP contribution in [0.5, 0.6) is 0 Å². The molecule has 146 valence electrons. The van der Waals surface area contributed by atoms with Crippen molar-refractivity contribution < 1.29 is 0 Å². The van der Waals surface area contributed by atoms with Crippen LogP contribution in [0.1, 0.15) is 68.1 Å². The zero-order valence-corrected chi connectivity index (χ0v) is 17.5. The van der Waals surface area contributed by atoms with E-state index in [0.29, 0.717) is 11.3 Å². The number of benzene rings is 2. The molecule has 2 aromatic rings. The average Bonchev–Trinajstić information content (AvgIpc) is 2.70. The third-order valence-electron chi connectivity index (χ3n) is 5.82. The van der Waals surface area contributed by atoms with E-state index in [1.54, 1.807) is 0 Å². The number of halogens is 1. The van der Waals surface area contributed by atoms with Crippen molar-refractivity contribution in [3.63, 3.8) is 0 Å². The molecule has 0 saturated heterocycles. The van der Waals surface area contributed by atoms with Gasteiger partial charge in [-0.1, -0.05) is 74.4 Å². The van der Waals surface area contributed by atoms with Crippen molar-refractivity contribution in [2.45, 2.75) is 69.7 Å². The molecule has 1 saturated carbocycles. The Morgan fingerprint density at radius 3 is 2.33 bits per heavy atom. The van der Waals surface area contributed by atoms with Crippen LogP contribution in [0.15, 0.2) is 54.6 Å². The molecule has 1 fully saturated rings. The summed E-state index contributed by atoms with van der Waals surface area (Å²) in [5.41, 5.74) is 4.31. The van der Waals surface area contributed by atoms with Crippen molar-refractivity contribution in [1.29, 1.82) is 0 Å². The normalized spacial score (nSPS) is 20.1. The van der Waals surface area contributed by atoms with E-state index < -0.39 is 0 Å². The summed E-state index contributed by atoms with van der Waals surface area (Å²) in [4.78, 5) is 2.59. The monoisotopic (exact) mass is 383 g/mol. The first kappa shape index (κ1) is 20.4. The minimum absolute atomic E-state index is 0.324. The number of hydrogen-bond donors (Lipinski definition) is 0. The number of nitrogens with zero attached hydrogens (tertiary/aromatic N) is 1. The largest absolute Gasteiger partial charge is 0.299 e. The van der Waals surface area contributed by atoms with Crippen LogP contribution in [-0.4, -0.2) is 23.4 Å². The molecule has 2 atom stereocenters. The summed E-state index contributed by atoms with van der Waals surface area (Å²) in [7, 11) is 0. The van der Waals surface area contributed by atoms with E-state index >= 15 is 0 Å². The molecule has 2 unspecified atom stereocenters. The number of aryl methyl sites for hydroxylation is 1. The van der Waals surface area contributed by atoms with Crippen LogP contribution in [0.4, 0.5) is 0 Å². The molecular formula is C25H34ClN. The van der Waals surface area contributed by atoms with Crippen LogP contribution < -0.4 is 0 Å². The molecule has 1 aliphatic carbocycles. The number of rotatable bonds is 9. The molecule has 0 aliphatic heterocycles. The molecule has 0 radical (unpaired) electrons. The van der Waals surface area contributed by atoms with Crippen LogP contribution in [0.25, 0.3) is 0 Å². The van der Waals surface area contributed by atoms with E-state index in [1.807, 2.05) is 0 Å². The second kappa shape index (κ2) is 10.9. The van der Waals surface area contributed by atoms with Crippen LogP contribution >= 0.6 is 11.6 Å². The Labute approximate surface area is 170 Å². The lowest BCUT2D eigenvalue weighted by atomic mass is 9.83. The Hall–Kier alpha value is -1.31. The highest BCUT2D eigenvalue weighted by molar-refractivity contribution is 6.21. The third kappa shape index (κ3) is 6.36. The fourth-order valence-electron chi connectivity index (χ4n) is 4.33. The molecule has 0 N–H and O–H groups in total. The summed E-state index contributed by atoms with van der Waals surface area (Å²) in [6, 6.07) is 20.1. The molecule has 1 nitrogen and oxygen atoms in total. The van der Waals surface area contributed by atoms with Gasteiger partial charge in [0.25, 0.3) is 0 Å². The summed E-state index contributed by atoms with van der Waals surface area (Å²) >= 11 is 6.57. The maximum Gasteiger partial charge on any atom is 0.0404 e. The second-order valence-electron chi connectivity index (χ2n) is 8.01. The smallest absolute Gasteiger partial charge is 0.0404 e. The molecule has 27 heavy (non-hydrogen) atoms. The zero-order chi connectivity index (χ0) is 18.9. The highest BCUT2D eigenvalue weighted by Crippen LogP contribution is 2.36. The number of alkyl halides is 1. The average molecular weight is 384 g/mol. The van der Waals surface area contributed by atoms with Gasteiger partial charge in [0.15, 0.2) is 0 Å². The fourth-order valence-corrected chi connectivity index (χ4v) is 4.75. The van der Waals surface area contributed by atoms with Crippen molar-refractivity contribution in [3.05, 3.63) is 71.3 Å². The van der Waals surface area contributed by atoms with Crippen molar-refractivity contribution in [1.82, 2.24) is 4.90 Å². The van der Waals surface area contributed by atoms with Gasteiger partial charge < -0.3 is 0 Å². The summed E-state index contributed by atoms with van der Waals surface area (Å²) in [6.07, 6.45) is 8.62. The van der Waals surface area contributed by atoms with Crippen LogP contribution in [0, 0.1) is 0 Å². The van der Waals surface area contributed by atoms with Gasteiger partial charge in [-0.2, -0.15) is 0 Å². The van der Waals surface area contributed by atoms with E-state index in [0.717, 1.165) is 19.5 Å². The predicted octanol–water partition coefficient (Wildman–Crippen LogP) is 6.80. The number of hydrogen-bond acceptors (Lipinski definition) is 1. The van der Waals surface area contributed by atoms with E-state index in [4.69, 9.17) is 11.6 Å². The first-order chi connectivity index (χ1) is 13.3. The lowest BCUT2D eigenvalue weighted by Gasteiger charge is -2.27. The Morgan fingerprint density at radius 2 is 1.63 bits per heavy atom. The molecule has 0 amide bonds. The minimum Gasteiger partial charge on any atom is -0.299 e. The van der Waals surface area contributed by atoms with E-state index in [9.17, 15) is 0 Å². The Kier molecular flexibility index (Phi) is 8.23.